The third kappa shape index (κ3) is 2.20. The molecule has 0 aromatic carbocycles. The van der Waals surface area contributed by atoms with E-state index in [0.29, 0.717) is 38.5 Å². The summed E-state index contributed by atoms with van der Waals surface area (Å²) in [6, 6.07) is -1.23. The highest BCUT2D eigenvalue weighted by molar-refractivity contribution is 6.03. The summed E-state index contributed by atoms with van der Waals surface area (Å²) in [6.07, 6.45) is 4.33. The molecule has 0 radical (unpaired) electrons. The van der Waals surface area contributed by atoms with Gasteiger partial charge in [0.1, 0.15) is 36.5 Å². The van der Waals surface area contributed by atoms with Crippen LogP contribution in [0.15, 0.2) is 23.5 Å². The molecule has 7 saturated heterocycles. The van der Waals surface area contributed by atoms with E-state index in [4.69, 9.17) is 18.9 Å². The minimum absolute atomic E-state index is 0.102. The molecule has 2 aliphatic carbocycles. The second-order valence-electron chi connectivity index (χ2n) is 11.4. The van der Waals surface area contributed by atoms with Crippen molar-refractivity contribution in [1.82, 2.24) is 9.80 Å². The van der Waals surface area contributed by atoms with Crippen molar-refractivity contribution in [2.24, 2.45) is 10.8 Å². The lowest BCUT2D eigenvalue weighted by Crippen LogP contribution is -2.60. The maximum absolute atomic E-state index is 13.8. The van der Waals surface area contributed by atoms with E-state index in [-0.39, 0.29) is 48.2 Å². The van der Waals surface area contributed by atoms with Crippen LogP contribution < -0.4 is 0 Å². The van der Waals surface area contributed by atoms with Gasteiger partial charge >= 0.3 is 11.9 Å². The molecule has 2 amide bonds. The Morgan fingerprint density at radius 3 is 1.64 bits per heavy atom. The summed E-state index contributed by atoms with van der Waals surface area (Å²) < 4.78 is 24.1. The highest BCUT2D eigenvalue weighted by atomic mass is 16.6. The third-order valence-corrected chi connectivity index (χ3v) is 9.69. The number of hydrogen-bond donors (Lipinski definition) is 0. The number of fused-ring (bicyclic) bond motifs is 2. The molecule has 0 N–H and O–H groups in total. The summed E-state index contributed by atoms with van der Waals surface area (Å²) in [7, 11) is 0. The van der Waals surface area contributed by atoms with Crippen LogP contribution in [-0.4, -0.2) is 82.3 Å². The van der Waals surface area contributed by atoms with E-state index in [1.54, 1.807) is 9.80 Å². The predicted octanol–water partition coefficient (Wildman–Crippen LogP) is 0.942. The lowest BCUT2D eigenvalue weighted by molar-refractivity contribution is -0.154. The van der Waals surface area contributed by atoms with Gasteiger partial charge in [-0.2, -0.15) is 0 Å². The standard InChI is InChI=1S/C26H28N2O8/c1-3-5-17(29)33-13-7-15-25(21-19(13)35-21)9-11-24(32)28-12(23(31)27(11)15)10-26(25)16(28)8-14(20-22(26)36-20)34-18(30)6-4-2/h7-8,11-14,19-22H,3-6,9-10H2,1-2H3. The van der Waals surface area contributed by atoms with Crippen molar-refractivity contribution in [3.8, 4) is 0 Å². The summed E-state index contributed by atoms with van der Waals surface area (Å²) >= 11 is 0. The molecule has 9 rings (SSSR count). The van der Waals surface area contributed by atoms with Crippen LogP contribution >= 0.6 is 0 Å². The Hall–Kier alpha value is -2.72. The van der Waals surface area contributed by atoms with E-state index >= 15 is 0 Å². The first-order chi connectivity index (χ1) is 17.4. The number of ether oxygens (including phenoxy) is 4. The SMILES string of the molecule is CCCC(=O)OC1C=C2N3C(=O)C4CC56C(=CC(OC(=O)CCC)C7OC75)N4C(=O)C3CC26C2OC12. The minimum atomic E-state index is -0.634. The van der Waals surface area contributed by atoms with Crippen molar-refractivity contribution < 1.29 is 38.1 Å². The van der Waals surface area contributed by atoms with Gasteiger partial charge in [-0.25, -0.2) is 0 Å². The Morgan fingerprint density at radius 1 is 0.833 bits per heavy atom. The minimum Gasteiger partial charge on any atom is -0.455 e. The Kier molecular flexibility index (Phi) is 3.91. The monoisotopic (exact) mass is 496 g/mol. The van der Waals surface area contributed by atoms with Gasteiger partial charge in [0.2, 0.25) is 0 Å². The van der Waals surface area contributed by atoms with E-state index in [1.807, 2.05) is 26.0 Å². The quantitative estimate of drug-likeness (QED) is 0.394. The molecule has 7 fully saturated rings. The number of epoxide rings is 2. The zero-order valence-electron chi connectivity index (χ0n) is 20.2. The Labute approximate surface area is 207 Å². The zero-order valence-corrected chi connectivity index (χ0v) is 20.2. The average molecular weight is 497 g/mol. The van der Waals surface area contributed by atoms with Gasteiger partial charge in [0.25, 0.3) is 11.8 Å². The predicted molar refractivity (Wildman–Crippen MR) is 118 cm³/mol. The van der Waals surface area contributed by atoms with Crippen LogP contribution in [0.25, 0.3) is 0 Å². The van der Waals surface area contributed by atoms with Crippen molar-refractivity contribution >= 4 is 23.8 Å². The van der Waals surface area contributed by atoms with Gasteiger partial charge in [-0.05, 0) is 37.8 Å². The first-order valence-corrected chi connectivity index (χ1v) is 13.2. The summed E-state index contributed by atoms with van der Waals surface area (Å²) in [4.78, 5) is 55.7. The molecule has 2 spiro atoms. The van der Waals surface area contributed by atoms with Crippen LogP contribution in [0.5, 0.6) is 0 Å². The van der Waals surface area contributed by atoms with E-state index in [9.17, 15) is 19.2 Å². The molecule has 10 unspecified atom stereocenters. The van der Waals surface area contributed by atoms with Crippen LogP contribution in [0.3, 0.4) is 0 Å². The van der Waals surface area contributed by atoms with Gasteiger partial charge in [0, 0.05) is 24.2 Å². The summed E-state index contributed by atoms with van der Waals surface area (Å²) in [5.41, 5.74) is 0.236. The number of hydrogen-bond acceptors (Lipinski definition) is 8. The van der Waals surface area contributed by atoms with Gasteiger partial charge in [0.05, 0.1) is 10.8 Å². The Bertz CT molecular complexity index is 1120. The third-order valence-electron chi connectivity index (χ3n) is 9.69. The van der Waals surface area contributed by atoms with Gasteiger partial charge in [-0.3, -0.25) is 19.2 Å². The number of carbonyl (C=O) groups excluding carboxylic acids is 4. The van der Waals surface area contributed by atoms with Crippen molar-refractivity contribution in [2.75, 3.05) is 0 Å². The smallest absolute Gasteiger partial charge is 0.306 e. The summed E-state index contributed by atoms with van der Waals surface area (Å²) in [5.74, 6) is -0.792. The van der Waals surface area contributed by atoms with Crippen LogP contribution in [0.2, 0.25) is 0 Å². The molecular weight excluding hydrogens is 468 g/mol. The number of esters is 2. The molecule has 0 aromatic heterocycles. The second-order valence-corrected chi connectivity index (χ2v) is 11.4. The highest BCUT2D eigenvalue weighted by Gasteiger charge is 2.87. The van der Waals surface area contributed by atoms with Gasteiger partial charge in [0.15, 0.2) is 12.2 Å². The summed E-state index contributed by atoms with van der Waals surface area (Å²) in [6.45, 7) is 3.84. The van der Waals surface area contributed by atoms with Crippen molar-refractivity contribution in [3.63, 3.8) is 0 Å². The number of carbonyl (C=O) groups is 4. The van der Waals surface area contributed by atoms with Crippen molar-refractivity contribution in [1.29, 1.82) is 0 Å². The largest absolute Gasteiger partial charge is 0.455 e. The summed E-state index contributed by atoms with van der Waals surface area (Å²) in [5, 5.41) is 0. The highest BCUT2D eigenvalue weighted by Crippen LogP contribution is 2.78. The molecule has 10 nitrogen and oxygen atoms in total. The van der Waals surface area contributed by atoms with E-state index in [2.05, 4.69) is 0 Å². The van der Waals surface area contributed by atoms with Crippen LogP contribution in [-0.2, 0) is 38.1 Å². The van der Waals surface area contributed by atoms with E-state index < -0.39 is 35.1 Å². The molecule has 6 bridgehead atoms. The fourth-order valence-electron chi connectivity index (χ4n) is 8.41. The topological polar surface area (TPSA) is 118 Å². The zero-order chi connectivity index (χ0) is 24.7. The van der Waals surface area contributed by atoms with Gasteiger partial charge in [-0.1, -0.05) is 13.8 Å². The lowest BCUT2D eigenvalue weighted by atomic mass is 9.52. The van der Waals surface area contributed by atoms with Crippen molar-refractivity contribution in [2.45, 2.75) is 101 Å². The second kappa shape index (κ2) is 6.58. The first-order valence-electron chi connectivity index (χ1n) is 13.2. The Balaban J connectivity index is 1.28. The number of amides is 2. The maximum Gasteiger partial charge on any atom is 0.306 e. The molecule has 190 valence electrons. The molecular formula is C26H28N2O8. The number of rotatable bonds is 6. The molecule has 7 aliphatic heterocycles. The molecule has 0 saturated carbocycles. The normalized spacial score (nSPS) is 47.4. The number of nitrogens with zero attached hydrogens (tertiary/aromatic N) is 2. The lowest BCUT2D eigenvalue weighted by Gasteiger charge is -2.50. The first kappa shape index (κ1) is 21.4. The van der Waals surface area contributed by atoms with Crippen molar-refractivity contribution in [3.05, 3.63) is 23.5 Å². The molecule has 7 heterocycles. The van der Waals surface area contributed by atoms with E-state index in [0.717, 1.165) is 11.4 Å². The fourth-order valence-corrected chi connectivity index (χ4v) is 8.41. The maximum atomic E-state index is 13.8. The molecule has 10 heteroatoms. The van der Waals surface area contributed by atoms with Crippen LogP contribution in [0.4, 0.5) is 0 Å². The van der Waals surface area contributed by atoms with Gasteiger partial charge in [-0.15, -0.1) is 0 Å². The fraction of sp³-hybridized carbons (Fsp3) is 0.692. The molecule has 10 atom stereocenters. The molecule has 36 heavy (non-hydrogen) atoms. The molecule has 9 aliphatic rings. The van der Waals surface area contributed by atoms with E-state index in [1.165, 1.54) is 0 Å². The number of piperazine rings is 1. The van der Waals surface area contributed by atoms with Crippen LogP contribution in [0.1, 0.15) is 52.4 Å². The van der Waals surface area contributed by atoms with Crippen LogP contribution in [0, 0.1) is 10.8 Å². The molecule has 0 aromatic rings. The van der Waals surface area contributed by atoms with Gasteiger partial charge < -0.3 is 28.7 Å². The Morgan fingerprint density at radius 2 is 1.25 bits per heavy atom. The average Bonchev–Trinajstić information content (AvgIpc) is 3.74.